The molecule has 0 radical (unpaired) electrons. The van der Waals surface area contributed by atoms with E-state index in [1.165, 1.54) is 22.8 Å². The van der Waals surface area contributed by atoms with Crippen LogP contribution in [0.25, 0.3) is 16.6 Å². The molecular weight excluding hydrogens is 387 g/mol. The van der Waals surface area contributed by atoms with Crippen molar-refractivity contribution >= 4 is 17.0 Å². The fourth-order valence-corrected chi connectivity index (χ4v) is 2.98. The van der Waals surface area contributed by atoms with E-state index in [2.05, 4.69) is 10.3 Å². The van der Waals surface area contributed by atoms with Gasteiger partial charge in [0, 0.05) is 0 Å². The standard InChI is InChI=1S/C22H21FN4O3/c1-13(25-21(29)30-22(2,3)4)19-26-18-9-8-15(23)11-17(18)20(28)27(19)16-7-5-6-14(10-16)12-24/h5-11,13H,1-4H3,(H,25,29)/t13-/m0/s1. The highest BCUT2D eigenvalue weighted by atomic mass is 19.1. The number of aromatic nitrogens is 2. The average Bonchev–Trinajstić information content (AvgIpc) is 2.66. The molecule has 1 heterocycles. The predicted octanol–water partition coefficient (Wildman–Crippen LogP) is 3.98. The molecule has 154 valence electrons. The fraction of sp³-hybridized carbons (Fsp3) is 0.273. The lowest BCUT2D eigenvalue weighted by Gasteiger charge is -2.23. The summed E-state index contributed by atoms with van der Waals surface area (Å²) in [5.74, 6) is -0.341. The van der Waals surface area contributed by atoms with E-state index in [1.54, 1.807) is 45.9 Å². The molecule has 0 spiro atoms. The number of hydrogen-bond acceptors (Lipinski definition) is 5. The molecule has 0 bridgehead atoms. The van der Waals surface area contributed by atoms with Crippen molar-refractivity contribution in [3.05, 3.63) is 70.0 Å². The first-order valence-electron chi connectivity index (χ1n) is 9.31. The van der Waals surface area contributed by atoms with Crippen LogP contribution in [0.3, 0.4) is 0 Å². The van der Waals surface area contributed by atoms with E-state index in [0.29, 0.717) is 16.8 Å². The highest BCUT2D eigenvalue weighted by Crippen LogP contribution is 2.20. The molecule has 0 fully saturated rings. The van der Waals surface area contributed by atoms with Crippen LogP contribution in [0, 0.1) is 17.1 Å². The second-order valence-electron chi connectivity index (χ2n) is 7.80. The van der Waals surface area contributed by atoms with Crippen molar-refractivity contribution < 1.29 is 13.9 Å². The van der Waals surface area contributed by atoms with E-state index in [0.717, 1.165) is 6.07 Å². The molecule has 0 saturated carbocycles. The Balaban J connectivity index is 2.19. The first-order valence-corrected chi connectivity index (χ1v) is 9.31. The minimum atomic E-state index is -0.715. The van der Waals surface area contributed by atoms with Gasteiger partial charge >= 0.3 is 6.09 Å². The van der Waals surface area contributed by atoms with E-state index in [4.69, 9.17) is 4.74 Å². The summed E-state index contributed by atoms with van der Waals surface area (Å²) in [4.78, 5) is 30.0. The van der Waals surface area contributed by atoms with Gasteiger partial charge in [-0.25, -0.2) is 14.2 Å². The van der Waals surface area contributed by atoms with Crippen LogP contribution in [0.4, 0.5) is 9.18 Å². The highest BCUT2D eigenvalue weighted by Gasteiger charge is 2.23. The van der Waals surface area contributed by atoms with Crippen molar-refractivity contribution in [3.8, 4) is 11.8 Å². The zero-order valence-electron chi connectivity index (χ0n) is 17.1. The van der Waals surface area contributed by atoms with Gasteiger partial charge in [-0.15, -0.1) is 0 Å². The number of nitriles is 1. The lowest BCUT2D eigenvalue weighted by molar-refractivity contribution is 0.0505. The van der Waals surface area contributed by atoms with Gasteiger partial charge < -0.3 is 10.1 Å². The molecule has 3 aromatic rings. The molecule has 0 unspecified atom stereocenters. The lowest BCUT2D eigenvalue weighted by atomic mass is 10.1. The monoisotopic (exact) mass is 408 g/mol. The predicted molar refractivity (Wildman–Crippen MR) is 110 cm³/mol. The number of nitrogens with zero attached hydrogens (tertiary/aromatic N) is 3. The largest absolute Gasteiger partial charge is 0.444 e. The number of nitrogens with one attached hydrogen (secondary N) is 1. The summed E-state index contributed by atoms with van der Waals surface area (Å²) in [5, 5.41) is 12.0. The number of carbonyl (C=O) groups is 1. The van der Waals surface area contributed by atoms with E-state index in [9.17, 15) is 19.2 Å². The summed E-state index contributed by atoms with van der Waals surface area (Å²) in [7, 11) is 0. The molecule has 1 atom stereocenters. The van der Waals surface area contributed by atoms with Crippen LogP contribution in [0.1, 0.15) is 45.1 Å². The molecule has 1 N–H and O–H groups in total. The second kappa shape index (κ2) is 7.95. The van der Waals surface area contributed by atoms with Crippen LogP contribution < -0.4 is 10.9 Å². The van der Waals surface area contributed by atoms with E-state index in [1.807, 2.05) is 6.07 Å². The fourth-order valence-electron chi connectivity index (χ4n) is 2.98. The molecule has 0 saturated heterocycles. The lowest BCUT2D eigenvalue weighted by Crippen LogP contribution is -2.36. The maximum absolute atomic E-state index is 13.8. The molecule has 30 heavy (non-hydrogen) atoms. The number of carbonyl (C=O) groups excluding carboxylic acids is 1. The Morgan fingerprint density at radius 3 is 2.67 bits per heavy atom. The van der Waals surface area contributed by atoms with Crippen LogP contribution >= 0.6 is 0 Å². The maximum Gasteiger partial charge on any atom is 0.408 e. The SMILES string of the molecule is C[C@H](NC(=O)OC(C)(C)C)c1nc2ccc(F)cc2c(=O)n1-c1cccc(C#N)c1. The third-order valence-corrected chi connectivity index (χ3v) is 4.21. The van der Waals surface area contributed by atoms with Gasteiger partial charge in [0.25, 0.3) is 5.56 Å². The first-order chi connectivity index (χ1) is 14.1. The molecule has 0 aliphatic carbocycles. The summed E-state index contributed by atoms with van der Waals surface area (Å²) in [5.41, 5.74) is -0.189. The van der Waals surface area contributed by atoms with Crippen molar-refractivity contribution in [2.75, 3.05) is 0 Å². The highest BCUT2D eigenvalue weighted by molar-refractivity contribution is 5.78. The number of fused-ring (bicyclic) bond motifs is 1. The van der Waals surface area contributed by atoms with E-state index in [-0.39, 0.29) is 11.2 Å². The van der Waals surface area contributed by atoms with Gasteiger partial charge in [-0.3, -0.25) is 9.36 Å². The minimum absolute atomic E-state index is 0.0885. The van der Waals surface area contributed by atoms with E-state index < -0.39 is 29.1 Å². The average molecular weight is 408 g/mol. The number of amides is 1. The van der Waals surface area contributed by atoms with Gasteiger partial charge in [0.1, 0.15) is 17.2 Å². The van der Waals surface area contributed by atoms with Gasteiger partial charge in [-0.05, 0) is 64.1 Å². The third kappa shape index (κ3) is 4.46. The van der Waals surface area contributed by atoms with E-state index >= 15 is 0 Å². The maximum atomic E-state index is 13.8. The molecule has 8 heteroatoms. The Hall–Kier alpha value is -3.73. The first kappa shape index (κ1) is 21.0. The van der Waals surface area contributed by atoms with Crippen molar-refractivity contribution in [3.63, 3.8) is 0 Å². The molecular formula is C22H21FN4O3. The number of ether oxygens (including phenoxy) is 1. The summed E-state index contributed by atoms with van der Waals surface area (Å²) in [6.07, 6.45) is -0.666. The zero-order chi connectivity index (χ0) is 22.1. The Bertz CT molecular complexity index is 1220. The van der Waals surface area contributed by atoms with Gasteiger partial charge in [0.05, 0.1) is 34.3 Å². The normalized spacial score (nSPS) is 12.3. The van der Waals surface area contributed by atoms with Crippen LogP contribution in [0.5, 0.6) is 0 Å². The van der Waals surface area contributed by atoms with Crippen LogP contribution in [0.2, 0.25) is 0 Å². The zero-order valence-corrected chi connectivity index (χ0v) is 17.1. The van der Waals surface area contributed by atoms with Gasteiger partial charge in [-0.2, -0.15) is 5.26 Å². The number of alkyl carbamates (subject to hydrolysis) is 1. The van der Waals surface area contributed by atoms with Crippen LogP contribution in [0.15, 0.2) is 47.3 Å². The molecule has 1 aromatic heterocycles. The molecule has 3 rings (SSSR count). The Morgan fingerprint density at radius 2 is 2.00 bits per heavy atom. The topological polar surface area (TPSA) is 97.0 Å². The molecule has 7 nitrogen and oxygen atoms in total. The Morgan fingerprint density at radius 1 is 1.27 bits per heavy atom. The number of rotatable bonds is 3. The van der Waals surface area contributed by atoms with Gasteiger partial charge in [-0.1, -0.05) is 6.07 Å². The second-order valence-corrected chi connectivity index (χ2v) is 7.80. The Labute approximate surface area is 172 Å². The molecule has 0 aliphatic heterocycles. The third-order valence-electron chi connectivity index (χ3n) is 4.21. The minimum Gasteiger partial charge on any atom is -0.444 e. The summed E-state index contributed by atoms with van der Waals surface area (Å²) < 4.78 is 20.3. The molecule has 0 aliphatic rings. The smallest absolute Gasteiger partial charge is 0.408 e. The number of hydrogen-bond donors (Lipinski definition) is 1. The summed E-state index contributed by atoms with van der Waals surface area (Å²) in [6.45, 7) is 6.88. The summed E-state index contributed by atoms with van der Waals surface area (Å²) >= 11 is 0. The molecule has 2 aromatic carbocycles. The Kier molecular flexibility index (Phi) is 5.56. The number of halogens is 1. The van der Waals surface area contributed by atoms with Gasteiger partial charge in [0.2, 0.25) is 0 Å². The quantitative estimate of drug-likeness (QED) is 0.707. The van der Waals surface area contributed by atoms with Crippen molar-refractivity contribution in [1.82, 2.24) is 14.9 Å². The van der Waals surface area contributed by atoms with Gasteiger partial charge in [0.15, 0.2) is 0 Å². The molecule has 1 amide bonds. The van der Waals surface area contributed by atoms with Crippen molar-refractivity contribution in [1.29, 1.82) is 5.26 Å². The van der Waals surface area contributed by atoms with Crippen molar-refractivity contribution in [2.45, 2.75) is 39.3 Å². The van der Waals surface area contributed by atoms with Crippen molar-refractivity contribution in [2.24, 2.45) is 0 Å². The van der Waals surface area contributed by atoms with Crippen LogP contribution in [-0.4, -0.2) is 21.2 Å². The van der Waals surface area contributed by atoms with Crippen LogP contribution in [-0.2, 0) is 4.74 Å². The summed E-state index contributed by atoms with van der Waals surface area (Å²) in [6, 6.07) is 11.4. The number of benzene rings is 2.